The van der Waals surface area contributed by atoms with E-state index in [0.29, 0.717) is 0 Å². The van der Waals surface area contributed by atoms with Crippen molar-refractivity contribution in [1.82, 2.24) is 0 Å². The first kappa shape index (κ1) is 14.1. The molecule has 0 spiro atoms. The number of hydrogen-bond acceptors (Lipinski definition) is 3. The summed E-state index contributed by atoms with van der Waals surface area (Å²) in [4.78, 5) is 0. The van der Waals surface area contributed by atoms with Crippen molar-refractivity contribution in [3.05, 3.63) is 0 Å². The van der Waals surface area contributed by atoms with E-state index in [4.69, 9.17) is 5.11 Å². The van der Waals surface area contributed by atoms with Crippen LogP contribution < -0.4 is 0 Å². The summed E-state index contributed by atoms with van der Waals surface area (Å²) in [5.74, 6) is 0. The Balaban J connectivity index is 3.47. The molecule has 0 unspecified atom stereocenters. The first-order valence-electron chi connectivity index (χ1n) is 5.19. The topological polar surface area (TPSA) is 27.7 Å². The zero-order valence-electron chi connectivity index (χ0n) is 9.04. The van der Waals surface area contributed by atoms with Gasteiger partial charge < -0.3 is 0 Å². The molecule has 0 aliphatic heterocycles. The Kier molecular flexibility index (Phi) is 12.1. The van der Waals surface area contributed by atoms with Gasteiger partial charge in [0.2, 0.25) is 0 Å². The first-order valence-corrected chi connectivity index (χ1v) is 9.64. The molecule has 0 aromatic heterocycles. The summed E-state index contributed by atoms with van der Waals surface area (Å²) < 4.78 is 16.7. The maximum atomic E-state index is 5.57. The van der Waals surface area contributed by atoms with Gasteiger partial charge in [-0.1, -0.05) is 0 Å². The van der Waals surface area contributed by atoms with Crippen molar-refractivity contribution in [2.24, 2.45) is 0 Å². The number of hydrogen-bond donors (Lipinski definition) is 0. The molecule has 0 amide bonds. The molecule has 0 heterocycles. The Morgan fingerprint density at radius 2 is 1.00 bits per heavy atom. The van der Waals surface area contributed by atoms with Crippen LogP contribution in [0.4, 0.5) is 0 Å². The summed E-state index contributed by atoms with van der Waals surface area (Å²) in [5.41, 5.74) is 0. The molecule has 0 atom stereocenters. The minimum atomic E-state index is -2.58. The summed E-state index contributed by atoms with van der Waals surface area (Å²) in [5, 5.41) is 0. The third-order valence-corrected chi connectivity index (χ3v) is 6.16. The van der Waals surface area contributed by atoms with Crippen LogP contribution in [0.2, 0.25) is 0 Å². The molecule has 0 aromatic rings. The average Bonchev–Trinajstić information content (AvgIpc) is 2.17. The van der Waals surface area contributed by atoms with Crippen LogP contribution in [0.25, 0.3) is 0 Å². The van der Waals surface area contributed by atoms with E-state index in [1.165, 1.54) is 0 Å². The van der Waals surface area contributed by atoms with Gasteiger partial charge in [0.05, 0.1) is 0 Å². The van der Waals surface area contributed by atoms with Crippen molar-refractivity contribution in [3.63, 3.8) is 0 Å². The number of rotatable bonds is 9. The van der Waals surface area contributed by atoms with Gasteiger partial charge in [0.1, 0.15) is 0 Å². The van der Waals surface area contributed by atoms with Crippen LogP contribution in [0.3, 0.4) is 0 Å². The zero-order valence-corrected chi connectivity index (χ0v) is 12.7. The second-order valence-corrected chi connectivity index (χ2v) is 7.85. The Morgan fingerprint density at radius 1 is 0.692 bits per heavy atom. The molecule has 0 saturated carbocycles. The molecule has 0 saturated heterocycles. The fourth-order valence-electron chi connectivity index (χ4n) is 0.787. The van der Waals surface area contributed by atoms with E-state index < -0.39 is 31.6 Å². The van der Waals surface area contributed by atoms with Crippen LogP contribution >= 0.6 is 0 Å². The predicted octanol–water partition coefficient (Wildman–Crippen LogP) is 2.63. The van der Waals surface area contributed by atoms with Crippen LogP contribution in [-0.4, -0.2) is 19.8 Å². The summed E-state index contributed by atoms with van der Waals surface area (Å²) in [6.07, 6.45) is 3.13. The second-order valence-electron chi connectivity index (χ2n) is 2.90. The van der Waals surface area contributed by atoms with Crippen LogP contribution in [0.1, 0.15) is 40.0 Å². The summed E-state index contributed by atoms with van der Waals surface area (Å²) in [6.45, 7) is 8.68. The van der Waals surface area contributed by atoms with E-state index in [2.05, 4.69) is 20.8 Å². The van der Waals surface area contributed by atoms with Gasteiger partial charge in [0.25, 0.3) is 0 Å². The predicted molar refractivity (Wildman–Crippen MR) is 48.7 cm³/mol. The van der Waals surface area contributed by atoms with Gasteiger partial charge in [-0.05, 0) is 0 Å². The molecule has 0 N–H and O–H groups in total. The fourth-order valence-corrected chi connectivity index (χ4v) is 5.73. The molecular formula is C9H21LaO3. The van der Waals surface area contributed by atoms with Crippen molar-refractivity contribution in [1.29, 1.82) is 0 Å². The van der Waals surface area contributed by atoms with Crippen LogP contribution in [0.5, 0.6) is 0 Å². The Bertz CT molecular complexity index is 81.8. The SMILES string of the molecule is CCC[O][La]([O]CCC)[O]CCC. The van der Waals surface area contributed by atoms with Gasteiger partial charge >= 0.3 is 96.6 Å². The molecule has 4 heteroatoms. The van der Waals surface area contributed by atoms with Crippen molar-refractivity contribution < 1.29 is 36.7 Å². The third kappa shape index (κ3) is 9.38. The van der Waals surface area contributed by atoms with Crippen molar-refractivity contribution >= 4 is 0 Å². The van der Waals surface area contributed by atoms with Gasteiger partial charge in [0.15, 0.2) is 0 Å². The Morgan fingerprint density at radius 3 is 1.23 bits per heavy atom. The standard InChI is InChI=1S/3C3H7O.La/c3*1-2-3-4;/h3*2-3H2,1H3;/q3*-1;+3. The quantitative estimate of drug-likeness (QED) is 0.654. The van der Waals surface area contributed by atoms with E-state index >= 15 is 0 Å². The molecule has 0 bridgehead atoms. The van der Waals surface area contributed by atoms with Gasteiger partial charge in [0, 0.05) is 0 Å². The molecule has 3 nitrogen and oxygen atoms in total. The summed E-state index contributed by atoms with van der Waals surface area (Å²) in [7, 11) is 0. The summed E-state index contributed by atoms with van der Waals surface area (Å²) in [6, 6.07) is 0. The molecule has 0 radical (unpaired) electrons. The molecule has 0 aliphatic rings. The van der Waals surface area contributed by atoms with Crippen LogP contribution in [0, 0.1) is 31.6 Å². The molecule has 0 fully saturated rings. The van der Waals surface area contributed by atoms with Gasteiger partial charge in [-0.3, -0.25) is 0 Å². The second kappa shape index (κ2) is 11.2. The van der Waals surface area contributed by atoms with Crippen molar-refractivity contribution in [2.75, 3.05) is 19.8 Å². The molecule has 0 rings (SSSR count). The van der Waals surface area contributed by atoms with E-state index in [-0.39, 0.29) is 0 Å². The minimum absolute atomic E-state index is 0.791. The fraction of sp³-hybridized carbons (Fsp3) is 1.00. The molecule has 0 aromatic carbocycles. The third-order valence-electron chi connectivity index (χ3n) is 1.37. The molecular weight excluding hydrogens is 295 g/mol. The van der Waals surface area contributed by atoms with E-state index in [1.54, 1.807) is 0 Å². The molecule has 13 heavy (non-hydrogen) atoms. The van der Waals surface area contributed by atoms with Crippen molar-refractivity contribution in [3.8, 4) is 0 Å². The van der Waals surface area contributed by atoms with E-state index in [9.17, 15) is 0 Å². The van der Waals surface area contributed by atoms with E-state index in [1.807, 2.05) is 0 Å². The van der Waals surface area contributed by atoms with Gasteiger partial charge in [-0.2, -0.15) is 0 Å². The van der Waals surface area contributed by atoms with Crippen LogP contribution in [-0.2, 0) is 5.11 Å². The van der Waals surface area contributed by atoms with E-state index in [0.717, 1.165) is 39.1 Å². The van der Waals surface area contributed by atoms with Crippen molar-refractivity contribution in [2.45, 2.75) is 40.0 Å². The Hall–Kier alpha value is 1.07. The first-order chi connectivity index (χ1) is 6.35. The summed E-state index contributed by atoms with van der Waals surface area (Å²) >= 11 is -2.58. The molecule has 78 valence electrons. The zero-order chi connectivity index (χ0) is 9.94. The van der Waals surface area contributed by atoms with Gasteiger partial charge in [-0.15, -0.1) is 0 Å². The van der Waals surface area contributed by atoms with Gasteiger partial charge in [-0.25, -0.2) is 0 Å². The maximum absolute atomic E-state index is 5.57. The monoisotopic (exact) mass is 316 g/mol. The Labute approximate surface area is 96.0 Å². The average molecular weight is 316 g/mol. The molecule has 0 aliphatic carbocycles. The normalized spacial score (nSPS) is 10.4. The van der Waals surface area contributed by atoms with Crippen LogP contribution in [0.15, 0.2) is 0 Å².